The summed E-state index contributed by atoms with van der Waals surface area (Å²) in [7, 11) is 0. The molecule has 0 aliphatic rings. The summed E-state index contributed by atoms with van der Waals surface area (Å²) in [5.74, 6) is 1.29. The molecule has 1 aromatic carbocycles. The van der Waals surface area contributed by atoms with E-state index in [4.69, 9.17) is 16.0 Å². The van der Waals surface area contributed by atoms with Crippen LogP contribution in [0.25, 0.3) is 11.0 Å². The maximum absolute atomic E-state index is 5.71. The Bertz CT molecular complexity index is 431. The Balaban J connectivity index is 2.43. The van der Waals surface area contributed by atoms with Crippen LogP contribution in [0.5, 0.6) is 0 Å². The average molecular weight is 209 g/mol. The lowest BCUT2D eigenvalue weighted by Crippen LogP contribution is -1.80. The van der Waals surface area contributed by atoms with E-state index in [0.717, 1.165) is 23.2 Å². The molecule has 0 saturated carbocycles. The lowest BCUT2D eigenvalue weighted by molar-refractivity contribution is 0.573. The van der Waals surface area contributed by atoms with E-state index in [0.29, 0.717) is 5.88 Å². The van der Waals surface area contributed by atoms with Crippen molar-refractivity contribution in [3.05, 3.63) is 35.6 Å². The Morgan fingerprint density at radius 3 is 2.86 bits per heavy atom. The molecule has 0 unspecified atom stereocenters. The van der Waals surface area contributed by atoms with Gasteiger partial charge in [0, 0.05) is 5.39 Å². The highest BCUT2D eigenvalue weighted by Gasteiger charge is 2.02. The van der Waals surface area contributed by atoms with Crippen molar-refractivity contribution >= 4 is 22.6 Å². The lowest BCUT2D eigenvalue weighted by atomic mass is 10.1. The predicted octanol–water partition coefficient (Wildman–Crippen LogP) is 4.12. The van der Waals surface area contributed by atoms with Crippen molar-refractivity contribution < 1.29 is 4.42 Å². The van der Waals surface area contributed by atoms with Crippen LogP contribution in [-0.2, 0) is 12.3 Å². The highest BCUT2D eigenvalue weighted by atomic mass is 35.5. The van der Waals surface area contributed by atoms with Crippen LogP contribution in [0.4, 0.5) is 0 Å². The Morgan fingerprint density at radius 1 is 1.29 bits per heavy atom. The number of hydrogen-bond acceptors (Lipinski definition) is 1. The molecular weight excluding hydrogens is 196 g/mol. The van der Waals surface area contributed by atoms with Crippen molar-refractivity contribution in [2.24, 2.45) is 0 Å². The standard InChI is InChI=1S/C12H13ClO/c1-2-3-9-4-5-12-10(6-9)7-11(8-13)14-12/h4-7H,2-3,8H2,1H3. The van der Waals surface area contributed by atoms with E-state index in [1.807, 2.05) is 12.1 Å². The molecule has 2 rings (SSSR count). The van der Waals surface area contributed by atoms with Gasteiger partial charge in [-0.2, -0.15) is 0 Å². The minimum absolute atomic E-state index is 0.442. The molecule has 0 amide bonds. The number of aryl methyl sites for hydroxylation is 1. The summed E-state index contributed by atoms with van der Waals surface area (Å²) in [5.41, 5.74) is 2.29. The van der Waals surface area contributed by atoms with Gasteiger partial charge in [-0.1, -0.05) is 19.4 Å². The van der Waals surface area contributed by atoms with Crippen LogP contribution < -0.4 is 0 Å². The largest absolute Gasteiger partial charge is 0.460 e. The third kappa shape index (κ3) is 1.78. The van der Waals surface area contributed by atoms with Crippen LogP contribution in [0.1, 0.15) is 24.7 Å². The Morgan fingerprint density at radius 2 is 2.14 bits per heavy atom. The van der Waals surface area contributed by atoms with Gasteiger partial charge >= 0.3 is 0 Å². The summed E-state index contributed by atoms with van der Waals surface area (Å²) in [4.78, 5) is 0. The van der Waals surface area contributed by atoms with Crippen molar-refractivity contribution in [1.82, 2.24) is 0 Å². The van der Waals surface area contributed by atoms with Gasteiger partial charge in [0.1, 0.15) is 11.3 Å². The summed E-state index contributed by atoms with van der Waals surface area (Å²) >= 11 is 5.71. The number of rotatable bonds is 3. The number of benzene rings is 1. The molecule has 0 atom stereocenters. The van der Waals surface area contributed by atoms with E-state index in [-0.39, 0.29) is 0 Å². The van der Waals surface area contributed by atoms with Gasteiger partial charge in [0.05, 0.1) is 5.88 Å². The first kappa shape index (κ1) is 9.60. The van der Waals surface area contributed by atoms with Crippen molar-refractivity contribution in [3.63, 3.8) is 0 Å². The molecule has 0 N–H and O–H groups in total. The molecule has 2 heteroatoms. The van der Waals surface area contributed by atoms with Gasteiger partial charge in [-0.05, 0) is 30.2 Å². The second-order valence-corrected chi connectivity index (χ2v) is 3.74. The highest BCUT2D eigenvalue weighted by Crippen LogP contribution is 2.22. The van der Waals surface area contributed by atoms with E-state index in [9.17, 15) is 0 Å². The molecule has 0 bridgehead atoms. The fourth-order valence-corrected chi connectivity index (χ4v) is 1.79. The zero-order chi connectivity index (χ0) is 9.97. The van der Waals surface area contributed by atoms with Gasteiger partial charge in [0.25, 0.3) is 0 Å². The zero-order valence-electron chi connectivity index (χ0n) is 8.22. The molecule has 0 aliphatic carbocycles. The first-order valence-electron chi connectivity index (χ1n) is 4.91. The summed E-state index contributed by atoms with van der Waals surface area (Å²) in [6, 6.07) is 8.34. The smallest absolute Gasteiger partial charge is 0.134 e. The van der Waals surface area contributed by atoms with Crippen molar-refractivity contribution in [2.75, 3.05) is 0 Å². The molecule has 74 valence electrons. The van der Waals surface area contributed by atoms with Gasteiger partial charge < -0.3 is 4.42 Å². The molecule has 1 aromatic heterocycles. The molecule has 14 heavy (non-hydrogen) atoms. The molecule has 0 aliphatic heterocycles. The average Bonchev–Trinajstić information content (AvgIpc) is 2.60. The predicted molar refractivity (Wildman–Crippen MR) is 59.8 cm³/mol. The number of fused-ring (bicyclic) bond motifs is 1. The van der Waals surface area contributed by atoms with Crippen LogP contribution in [0.2, 0.25) is 0 Å². The topological polar surface area (TPSA) is 13.1 Å². The van der Waals surface area contributed by atoms with Crippen LogP contribution in [0.15, 0.2) is 28.7 Å². The zero-order valence-corrected chi connectivity index (χ0v) is 8.97. The third-order valence-electron chi connectivity index (χ3n) is 2.30. The quantitative estimate of drug-likeness (QED) is 0.692. The third-order valence-corrected chi connectivity index (χ3v) is 2.57. The van der Waals surface area contributed by atoms with E-state index < -0.39 is 0 Å². The molecule has 0 radical (unpaired) electrons. The van der Waals surface area contributed by atoms with Crippen LogP contribution in [-0.4, -0.2) is 0 Å². The molecule has 2 aromatic rings. The summed E-state index contributed by atoms with van der Waals surface area (Å²) in [5, 5.41) is 1.16. The van der Waals surface area contributed by atoms with Crippen molar-refractivity contribution in [3.8, 4) is 0 Å². The number of alkyl halides is 1. The van der Waals surface area contributed by atoms with E-state index in [2.05, 4.69) is 19.1 Å². The van der Waals surface area contributed by atoms with Gasteiger partial charge in [-0.25, -0.2) is 0 Å². The maximum Gasteiger partial charge on any atom is 0.134 e. The summed E-state index contributed by atoms with van der Waals surface area (Å²) < 4.78 is 5.52. The van der Waals surface area contributed by atoms with Gasteiger partial charge in [0.15, 0.2) is 0 Å². The number of halogens is 1. The normalized spacial score (nSPS) is 11.0. The second-order valence-electron chi connectivity index (χ2n) is 3.47. The monoisotopic (exact) mass is 208 g/mol. The van der Waals surface area contributed by atoms with Gasteiger partial charge in [-0.15, -0.1) is 11.6 Å². The minimum Gasteiger partial charge on any atom is -0.460 e. The number of furan rings is 1. The highest BCUT2D eigenvalue weighted by molar-refractivity contribution is 6.17. The Hall–Kier alpha value is -0.950. The number of hydrogen-bond donors (Lipinski definition) is 0. The fourth-order valence-electron chi connectivity index (χ4n) is 1.66. The second kappa shape index (κ2) is 4.05. The minimum atomic E-state index is 0.442. The summed E-state index contributed by atoms with van der Waals surface area (Å²) in [6.45, 7) is 2.18. The van der Waals surface area contributed by atoms with Gasteiger partial charge in [0.2, 0.25) is 0 Å². The SMILES string of the molecule is CCCc1ccc2oc(CCl)cc2c1. The van der Waals surface area contributed by atoms with Crippen molar-refractivity contribution in [2.45, 2.75) is 25.6 Å². The molecule has 0 spiro atoms. The van der Waals surface area contributed by atoms with Gasteiger partial charge in [-0.3, -0.25) is 0 Å². The van der Waals surface area contributed by atoms with Crippen molar-refractivity contribution in [1.29, 1.82) is 0 Å². The molecule has 1 nitrogen and oxygen atoms in total. The molecule has 1 heterocycles. The van der Waals surface area contributed by atoms with E-state index in [1.165, 1.54) is 12.0 Å². The Labute approximate surface area is 88.7 Å². The lowest BCUT2D eigenvalue weighted by Gasteiger charge is -1.96. The van der Waals surface area contributed by atoms with Crippen LogP contribution in [0.3, 0.4) is 0 Å². The van der Waals surface area contributed by atoms with Crippen LogP contribution >= 0.6 is 11.6 Å². The van der Waals surface area contributed by atoms with E-state index >= 15 is 0 Å². The van der Waals surface area contributed by atoms with E-state index in [1.54, 1.807) is 0 Å². The fraction of sp³-hybridized carbons (Fsp3) is 0.333. The Kier molecular flexibility index (Phi) is 2.78. The molecular formula is C12H13ClO. The first-order valence-corrected chi connectivity index (χ1v) is 5.44. The summed E-state index contributed by atoms with van der Waals surface area (Å²) in [6.07, 6.45) is 2.29. The maximum atomic E-state index is 5.71. The van der Waals surface area contributed by atoms with Crippen LogP contribution in [0, 0.1) is 0 Å². The molecule has 0 fully saturated rings. The molecule has 0 saturated heterocycles. The first-order chi connectivity index (χ1) is 6.83.